The third kappa shape index (κ3) is 3.52. The van der Waals surface area contributed by atoms with E-state index >= 15 is 0 Å². The maximum atomic E-state index is 12.6. The molecule has 0 radical (unpaired) electrons. The third-order valence-electron chi connectivity index (χ3n) is 3.98. The van der Waals surface area contributed by atoms with Crippen LogP contribution in [-0.4, -0.2) is 23.5 Å². The minimum Gasteiger partial charge on any atom is -0.491 e. The van der Waals surface area contributed by atoms with Crippen molar-refractivity contribution in [2.24, 2.45) is 0 Å². The van der Waals surface area contributed by atoms with Crippen LogP contribution in [0.15, 0.2) is 35.1 Å². The molecule has 0 spiro atoms. The van der Waals surface area contributed by atoms with Crippen LogP contribution in [0.4, 0.5) is 13.2 Å². The van der Waals surface area contributed by atoms with E-state index in [1.54, 1.807) is 0 Å². The summed E-state index contributed by atoms with van der Waals surface area (Å²) < 4.78 is 43.4. The number of amides is 1. The number of hydrogen-bond acceptors (Lipinski definition) is 3. The van der Waals surface area contributed by atoms with Gasteiger partial charge >= 0.3 is 6.18 Å². The molecule has 5 nitrogen and oxygen atoms in total. The summed E-state index contributed by atoms with van der Waals surface area (Å²) in [6, 6.07) is 6.90. The van der Waals surface area contributed by atoms with Gasteiger partial charge in [0, 0.05) is 0 Å². The number of aromatic nitrogens is 1. The molecule has 0 aliphatic carbocycles. The number of alkyl halides is 3. The fourth-order valence-electron chi connectivity index (χ4n) is 2.77. The molecular weight excluding hydrogens is 337 g/mol. The van der Waals surface area contributed by atoms with Gasteiger partial charge in [-0.05, 0) is 36.6 Å². The topological polar surface area (TPSA) is 71.2 Å². The molecule has 0 bridgehead atoms. The Hall–Kier alpha value is -2.77. The number of halogens is 3. The summed E-state index contributed by atoms with van der Waals surface area (Å²) in [7, 11) is 0. The Morgan fingerprint density at radius 3 is 2.72 bits per heavy atom. The van der Waals surface area contributed by atoms with Crippen LogP contribution in [0.3, 0.4) is 0 Å². The van der Waals surface area contributed by atoms with Gasteiger partial charge in [0.1, 0.15) is 23.6 Å². The van der Waals surface area contributed by atoms with Crippen molar-refractivity contribution in [1.82, 2.24) is 10.3 Å². The van der Waals surface area contributed by atoms with Crippen molar-refractivity contribution in [1.29, 1.82) is 0 Å². The Balaban J connectivity index is 1.73. The number of ether oxygens (including phenoxy) is 1. The molecule has 3 rings (SSSR count). The first-order chi connectivity index (χ1) is 11.8. The van der Waals surface area contributed by atoms with Crippen LogP contribution < -0.4 is 15.6 Å². The van der Waals surface area contributed by atoms with Crippen molar-refractivity contribution in [3.8, 4) is 5.75 Å². The third-order valence-corrected chi connectivity index (χ3v) is 3.98. The maximum Gasteiger partial charge on any atom is 0.421 e. The Morgan fingerprint density at radius 1 is 1.28 bits per heavy atom. The fraction of sp³-hybridized carbons (Fsp3) is 0.294. The van der Waals surface area contributed by atoms with Crippen molar-refractivity contribution < 1.29 is 22.7 Å². The summed E-state index contributed by atoms with van der Waals surface area (Å²) in [6.45, 7) is 2.17. The second-order valence-electron chi connectivity index (χ2n) is 5.86. The number of para-hydroxylation sites is 1. The highest BCUT2D eigenvalue weighted by atomic mass is 19.4. The molecule has 1 aliphatic rings. The molecule has 8 heteroatoms. The standard InChI is InChI=1S/C17H15F3N2O3/c1-9-3-2-4-10-7-11(8-25-14(9)10)21-16(24)13-6-5-12(15(23)22-13)17(18,19)20/h2-6,11H,7-8H2,1H3,(H,21,24)(H,22,23). The summed E-state index contributed by atoms with van der Waals surface area (Å²) in [6.07, 6.45) is -4.23. The molecule has 25 heavy (non-hydrogen) atoms. The molecule has 1 aromatic carbocycles. The Morgan fingerprint density at radius 2 is 2.04 bits per heavy atom. The molecule has 1 aliphatic heterocycles. The van der Waals surface area contributed by atoms with Gasteiger partial charge in [0.25, 0.3) is 11.5 Å². The molecule has 2 N–H and O–H groups in total. The second-order valence-corrected chi connectivity index (χ2v) is 5.86. The number of rotatable bonds is 2. The SMILES string of the molecule is Cc1cccc2c1OCC(NC(=O)c1ccc(C(F)(F)F)c(=O)[nH]1)C2. The first kappa shape index (κ1) is 17.1. The molecule has 132 valence electrons. The van der Waals surface area contributed by atoms with Crippen LogP contribution in [0.5, 0.6) is 5.75 Å². The van der Waals surface area contributed by atoms with Crippen LogP contribution in [0.2, 0.25) is 0 Å². The maximum absolute atomic E-state index is 12.6. The van der Waals surface area contributed by atoms with Gasteiger partial charge in [0.05, 0.1) is 6.04 Å². The Labute approximate surface area is 140 Å². The average Bonchev–Trinajstić information content (AvgIpc) is 2.53. The lowest BCUT2D eigenvalue weighted by molar-refractivity contribution is -0.138. The van der Waals surface area contributed by atoms with Gasteiger partial charge < -0.3 is 15.0 Å². The van der Waals surface area contributed by atoms with Gasteiger partial charge in [-0.15, -0.1) is 0 Å². The minimum atomic E-state index is -4.76. The number of hydrogen-bond donors (Lipinski definition) is 2. The number of carbonyl (C=O) groups is 1. The van der Waals surface area contributed by atoms with Crippen molar-refractivity contribution in [3.05, 3.63) is 63.1 Å². The molecule has 2 heterocycles. The lowest BCUT2D eigenvalue weighted by atomic mass is 10.00. The number of aryl methyl sites for hydroxylation is 1. The van der Waals surface area contributed by atoms with Crippen molar-refractivity contribution >= 4 is 5.91 Å². The first-order valence-corrected chi connectivity index (χ1v) is 7.58. The zero-order chi connectivity index (χ0) is 18.2. The quantitative estimate of drug-likeness (QED) is 0.872. The summed E-state index contributed by atoms with van der Waals surface area (Å²) >= 11 is 0. The number of pyridine rings is 1. The second kappa shape index (κ2) is 6.27. The van der Waals surface area contributed by atoms with E-state index in [-0.39, 0.29) is 18.3 Å². The first-order valence-electron chi connectivity index (χ1n) is 7.58. The normalized spacial score (nSPS) is 16.7. The summed E-state index contributed by atoms with van der Waals surface area (Å²) in [4.78, 5) is 25.7. The number of fused-ring (bicyclic) bond motifs is 1. The Kier molecular flexibility index (Phi) is 4.28. The van der Waals surface area contributed by atoms with Crippen molar-refractivity contribution in [3.63, 3.8) is 0 Å². The largest absolute Gasteiger partial charge is 0.491 e. The highest BCUT2D eigenvalue weighted by molar-refractivity contribution is 5.92. The lowest BCUT2D eigenvalue weighted by Crippen LogP contribution is -2.43. The molecule has 2 aromatic rings. The van der Waals surface area contributed by atoms with E-state index in [1.807, 2.05) is 30.1 Å². The average molecular weight is 352 g/mol. The molecule has 0 saturated heterocycles. The highest BCUT2D eigenvalue weighted by Crippen LogP contribution is 2.28. The monoisotopic (exact) mass is 352 g/mol. The minimum absolute atomic E-state index is 0.229. The van der Waals surface area contributed by atoms with Crippen LogP contribution in [0, 0.1) is 6.92 Å². The highest BCUT2D eigenvalue weighted by Gasteiger charge is 2.34. The summed E-state index contributed by atoms with van der Waals surface area (Å²) in [5, 5.41) is 2.67. The number of carbonyl (C=O) groups excluding carboxylic acids is 1. The molecule has 1 unspecified atom stereocenters. The predicted octanol–water partition coefficient (Wildman–Crippen LogP) is 2.44. The fourth-order valence-corrected chi connectivity index (χ4v) is 2.77. The molecule has 1 aromatic heterocycles. The van der Waals surface area contributed by atoms with E-state index in [0.717, 1.165) is 22.9 Å². The Bertz CT molecular complexity index is 874. The van der Waals surface area contributed by atoms with Crippen LogP contribution in [0.25, 0.3) is 0 Å². The number of benzene rings is 1. The van der Waals surface area contributed by atoms with E-state index in [9.17, 15) is 22.8 Å². The number of nitrogens with one attached hydrogen (secondary N) is 2. The van der Waals surface area contributed by atoms with Gasteiger partial charge in [0.15, 0.2) is 0 Å². The molecule has 1 amide bonds. The van der Waals surface area contributed by atoms with E-state index in [2.05, 4.69) is 5.32 Å². The summed E-state index contributed by atoms with van der Waals surface area (Å²) in [5.41, 5.74) is -0.977. The van der Waals surface area contributed by atoms with E-state index in [4.69, 9.17) is 4.74 Å². The molecule has 1 atom stereocenters. The van der Waals surface area contributed by atoms with Crippen LogP contribution >= 0.6 is 0 Å². The van der Waals surface area contributed by atoms with Crippen LogP contribution in [-0.2, 0) is 12.6 Å². The van der Waals surface area contributed by atoms with Gasteiger partial charge in [-0.3, -0.25) is 9.59 Å². The lowest BCUT2D eigenvalue weighted by Gasteiger charge is -2.27. The van der Waals surface area contributed by atoms with Gasteiger partial charge in [-0.1, -0.05) is 18.2 Å². The number of aromatic amines is 1. The molecular formula is C17H15F3N2O3. The van der Waals surface area contributed by atoms with Gasteiger partial charge in [-0.2, -0.15) is 13.2 Å². The smallest absolute Gasteiger partial charge is 0.421 e. The molecule has 0 fully saturated rings. The van der Waals surface area contributed by atoms with E-state index in [1.165, 1.54) is 0 Å². The van der Waals surface area contributed by atoms with Gasteiger partial charge in [0.2, 0.25) is 0 Å². The van der Waals surface area contributed by atoms with Gasteiger partial charge in [-0.25, -0.2) is 0 Å². The van der Waals surface area contributed by atoms with E-state index in [0.29, 0.717) is 12.5 Å². The van der Waals surface area contributed by atoms with Crippen molar-refractivity contribution in [2.45, 2.75) is 25.6 Å². The van der Waals surface area contributed by atoms with E-state index < -0.39 is 23.2 Å². The summed E-state index contributed by atoms with van der Waals surface area (Å²) in [5.74, 6) is 0.131. The van der Waals surface area contributed by atoms with Crippen LogP contribution in [0.1, 0.15) is 27.2 Å². The van der Waals surface area contributed by atoms with Crippen molar-refractivity contribution in [2.75, 3.05) is 6.61 Å². The molecule has 0 saturated carbocycles. The zero-order valence-corrected chi connectivity index (χ0v) is 13.2. The zero-order valence-electron chi connectivity index (χ0n) is 13.2. The predicted molar refractivity (Wildman–Crippen MR) is 83.7 cm³/mol. The number of H-pyrrole nitrogens is 1.